The van der Waals surface area contributed by atoms with Crippen LogP contribution in [-0.2, 0) is 21.2 Å². The fourth-order valence-corrected chi connectivity index (χ4v) is 7.53. The van der Waals surface area contributed by atoms with Crippen molar-refractivity contribution in [1.82, 2.24) is 19.4 Å². The maximum absolute atomic E-state index is 13.4. The van der Waals surface area contributed by atoms with Gasteiger partial charge in [-0.05, 0) is 69.0 Å². The number of nitrogens with zero attached hydrogens (tertiary/aromatic N) is 5. The van der Waals surface area contributed by atoms with Crippen molar-refractivity contribution in [3.63, 3.8) is 0 Å². The van der Waals surface area contributed by atoms with Gasteiger partial charge in [-0.15, -0.1) is 5.10 Å². The minimum atomic E-state index is -3.77. The lowest BCUT2D eigenvalue weighted by Gasteiger charge is -2.35. The third-order valence-corrected chi connectivity index (χ3v) is 10.6. The number of methoxy groups -OCH3 is 1. The van der Waals surface area contributed by atoms with Gasteiger partial charge in [0.05, 0.1) is 24.1 Å². The number of sulfonamides is 1. The Kier molecular flexibility index (Phi) is 10.6. The molecule has 2 heterocycles. The summed E-state index contributed by atoms with van der Waals surface area (Å²) in [6.07, 6.45) is 2.44. The van der Waals surface area contributed by atoms with E-state index < -0.39 is 10.0 Å². The minimum Gasteiger partial charge on any atom is -0.497 e. The first-order valence-corrected chi connectivity index (χ1v) is 16.4. The van der Waals surface area contributed by atoms with E-state index in [4.69, 9.17) is 4.74 Å². The Labute approximate surface area is 250 Å². The number of Topliss-reactive ketones (excluding diaryl/α,β-unsaturated/α-hetero) is 1. The Hall–Kier alpha value is -3.08. The van der Waals surface area contributed by atoms with Crippen molar-refractivity contribution in [2.75, 3.05) is 58.3 Å². The van der Waals surface area contributed by atoms with Crippen molar-refractivity contribution >= 4 is 32.4 Å². The molecule has 0 N–H and O–H groups in total. The van der Waals surface area contributed by atoms with Crippen LogP contribution in [0.2, 0.25) is 0 Å². The predicted molar refractivity (Wildman–Crippen MR) is 168 cm³/mol. The van der Waals surface area contributed by atoms with Crippen molar-refractivity contribution < 1.29 is 17.9 Å². The lowest BCUT2D eigenvalue weighted by atomic mass is 9.95. The van der Waals surface area contributed by atoms with Gasteiger partial charge in [0.2, 0.25) is 10.0 Å². The van der Waals surface area contributed by atoms with Crippen LogP contribution in [0.25, 0.3) is 10.8 Å². The molecule has 10 heteroatoms. The number of aryl methyl sites for hydroxylation is 2. The van der Waals surface area contributed by atoms with Crippen LogP contribution in [0.3, 0.4) is 0 Å². The van der Waals surface area contributed by atoms with Crippen LogP contribution < -0.4 is 9.64 Å². The Morgan fingerprint density at radius 3 is 2.24 bits per heavy atom. The van der Waals surface area contributed by atoms with Gasteiger partial charge in [0.1, 0.15) is 11.5 Å². The predicted octanol–water partition coefficient (Wildman–Crippen LogP) is 4.64. The molecule has 0 unspecified atom stereocenters. The zero-order valence-electron chi connectivity index (χ0n) is 25.9. The summed E-state index contributed by atoms with van der Waals surface area (Å²) in [6, 6.07) is 11.4. The molecule has 0 aliphatic carbocycles. The molecule has 4 rings (SSSR count). The molecule has 1 saturated heterocycles. The highest BCUT2D eigenvalue weighted by Crippen LogP contribution is 2.31. The summed E-state index contributed by atoms with van der Waals surface area (Å²) in [5.41, 5.74) is 1.85. The summed E-state index contributed by atoms with van der Waals surface area (Å²) in [4.78, 5) is 18.2. The van der Waals surface area contributed by atoms with Gasteiger partial charge in [0.25, 0.3) is 0 Å². The Bertz CT molecular complexity index is 1480. The van der Waals surface area contributed by atoms with E-state index in [1.165, 1.54) is 11.4 Å². The number of ether oxygens (including phenoxy) is 1. The van der Waals surface area contributed by atoms with Gasteiger partial charge in [0, 0.05) is 50.4 Å². The highest BCUT2D eigenvalue weighted by molar-refractivity contribution is 7.89. The standard InChI is InChI=1S/C32H45N5O4S/c1-7-36(8-2)22-25-13-17-37(18-14-25)32-29-12-10-9-11-28(29)30(33-34-32)21-26(38)15-16-35(5)42(39,40)31-23(3)19-27(41-6)20-24(31)4/h9-12,19-20,25H,7-8,13-18,21-22H2,1-6H3. The molecule has 1 aliphatic rings. The van der Waals surface area contributed by atoms with Crippen LogP contribution >= 0.6 is 0 Å². The Balaban J connectivity index is 1.42. The van der Waals surface area contributed by atoms with E-state index in [0.717, 1.165) is 62.2 Å². The molecule has 0 saturated carbocycles. The van der Waals surface area contributed by atoms with E-state index in [2.05, 4.69) is 39.9 Å². The zero-order chi connectivity index (χ0) is 30.4. The number of benzene rings is 2. The fourth-order valence-electron chi connectivity index (χ4n) is 5.95. The number of carbonyl (C=O) groups excluding carboxylic acids is 1. The van der Waals surface area contributed by atoms with E-state index in [-0.39, 0.29) is 30.1 Å². The summed E-state index contributed by atoms with van der Waals surface area (Å²) in [5, 5.41) is 11.0. The Morgan fingerprint density at radius 1 is 1.02 bits per heavy atom. The summed E-state index contributed by atoms with van der Waals surface area (Å²) in [5.74, 6) is 2.10. The molecule has 0 bridgehead atoms. The first-order valence-electron chi connectivity index (χ1n) is 14.9. The number of hydrogen-bond donors (Lipinski definition) is 0. The number of hydrogen-bond acceptors (Lipinski definition) is 8. The van der Waals surface area contributed by atoms with Crippen molar-refractivity contribution in [2.45, 2.75) is 58.3 Å². The van der Waals surface area contributed by atoms with Crippen molar-refractivity contribution in [3.8, 4) is 5.75 Å². The van der Waals surface area contributed by atoms with Gasteiger partial charge >= 0.3 is 0 Å². The summed E-state index contributed by atoms with van der Waals surface area (Å²) < 4.78 is 33.2. The molecule has 2 aromatic carbocycles. The average molecular weight is 596 g/mol. The molecular formula is C32H45N5O4S. The van der Waals surface area contributed by atoms with Gasteiger partial charge in [-0.1, -0.05) is 38.1 Å². The second-order valence-corrected chi connectivity index (χ2v) is 13.3. The first-order chi connectivity index (χ1) is 20.1. The second-order valence-electron chi connectivity index (χ2n) is 11.3. The molecule has 0 amide bonds. The second kappa shape index (κ2) is 13.9. The summed E-state index contributed by atoms with van der Waals surface area (Å²) in [7, 11) is -0.702. The largest absolute Gasteiger partial charge is 0.497 e. The maximum atomic E-state index is 13.4. The molecule has 0 radical (unpaired) electrons. The van der Waals surface area contributed by atoms with Gasteiger partial charge in [-0.2, -0.15) is 5.10 Å². The van der Waals surface area contributed by atoms with E-state index in [1.54, 1.807) is 33.1 Å². The van der Waals surface area contributed by atoms with Gasteiger partial charge in [-0.25, -0.2) is 12.7 Å². The molecule has 3 aromatic rings. The third kappa shape index (κ3) is 7.10. The lowest BCUT2D eigenvalue weighted by Crippen LogP contribution is -2.39. The topological polar surface area (TPSA) is 95.9 Å². The molecule has 1 aromatic heterocycles. The fraction of sp³-hybridized carbons (Fsp3) is 0.531. The van der Waals surface area contributed by atoms with Gasteiger partial charge < -0.3 is 14.5 Å². The quantitative estimate of drug-likeness (QED) is 0.282. The number of anilines is 1. The van der Waals surface area contributed by atoms with Crippen molar-refractivity contribution in [2.24, 2.45) is 5.92 Å². The SMILES string of the molecule is CCN(CC)CC1CCN(c2nnc(CC(=O)CCN(C)S(=O)(=O)c3c(C)cc(OC)cc3C)c3ccccc23)CC1. The molecule has 1 aliphatic heterocycles. The molecule has 0 atom stereocenters. The number of fused-ring (bicyclic) bond motifs is 1. The van der Waals surface area contributed by atoms with Crippen LogP contribution in [0.15, 0.2) is 41.3 Å². The van der Waals surface area contributed by atoms with Crippen LogP contribution in [-0.4, -0.2) is 87.0 Å². The maximum Gasteiger partial charge on any atom is 0.243 e. The number of ketones is 1. The molecule has 228 valence electrons. The smallest absolute Gasteiger partial charge is 0.243 e. The molecule has 1 fully saturated rings. The monoisotopic (exact) mass is 595 g/mol. The van der Waals surface area contributed by atoms with Gasteiger partial charge in [-0.3, -0.25) is 4.79 Å². The normalized spacial score (nSPS) is 14.7. The summed E-state index contributed by atoms with van der Waals surface area (Å²) >= 11 is 0. The average Bonchev–Trinajstić information content (AvgIpc) is 2.98. The zero-order valence-corrected chi connectivity index (χ0v) is 26.7. The minimum absolute atomic E-state index is 0.0790. The molecular weight excluding hydrogens is 550 g/mol. The van der Waals surface area contributed by atoms with Crippen LogP contribution in [0.1, 0.15) is 49.9 Å². The van der Waals surface area contributed by atoms with E-state index >= 15 is 0 Å². The van der Waals surface area contributed by atoms with E-state index in [1.807, 2.05) is 18.2 Å². The number of piperidine rings is 1. The van der Waals surface area contributed by atoms with Crippen molar-refractivity contribution in [1.29, 1.82) is 0 Å². The highest BCUT2D eigenvalue weighted by atomic mass is 32.2. The summed E-state index contributed by atoms with van der Waals surface area (Å²) in [6.45, 7) is 13.2. The first kappa shape index (κ1) is 31.8. The van der Waals surface area contributed by atoms with Crippen molar-refractivity contribution in [3.05, 3.63) is 53.2 Å². The van der Waals surface area contributed by atoms with E-state index in [9.17, 15) is 13.2 Å². The van der Waals surface area contributed by atoms with Crippen LogP contribution in [0, 0.1) is 19.8 Å². The number of carbonyl (C=O) groups is 1. The molecule has 42 heavy (non-hydrogen) atoms. The number of aromatic nitrogens is 2. The highest BCUT2D eigenvalue weighted by Gasteiger charge is 2.27. The van der Waals surface area contributed by atoms with E-state index in [0.29, 0.717) is 28.5 Å². The molecule has 0 spiro atoms. The third-order valence-electron chi connectivity index (χ3n) is 8.48. The molecule has 9 nitrogen and oxygen atoms in total. The van der Waals surface area contributed by atoms with Crippen LogP contribution in [0.4, 0.5) is 5.82 Å². The number of rotatable bonds is 13. The van der Waals surface area contributed by atoms with Crippen LogP contribution in [0.5, 0.6) is 5.75 Å². The lowest BCUT2D eigenvalue weighted by molar-refractivity contribution is -0.118. The Morgan fingerprint density at radius 2 is 1.64 bits per heavy atom. The van der Waals surface area contributed by atoms with Gasteiger partial charge in [0.15, 0.2) is 5.82 Å².